The second-order valence-corrected chi connectivity index (χ2v) is 3.12. The van der Waals surface area contributed by atoms with Gasteiger partial charge in [0.05, 0.1) is 0 Å². The van der Waals surface area contributed by atoms with Gasteiger partial charge < -0.3 is 0 Å². The monoisotopic (exact) mass is 212 g/mol. The van der Waals surface area contributed by atoms with Gasteiger partial charge in [0.15, 0.2) is 0 Å². The molecule has 0 spiro atoms. The van der Waals surface area contributed by atoms with Gasteiger partial charge in [-0.3, -0.25) is 0 Å². The molecule has 0 N–H and O–H groups in total. The van der Waals surface area contributed by atoms with Gasteiger partial charge in [0, 0.05) is 0 Å². The van der Waals surface area contributed by atoms with Gasteiger partial charge in [-0.15, -0.1) is 30.1 Å². The summed E-state index contributed by atoms with van der Waals surface area (Å²) < 4.78 is 0. The molecule has 0 aromatic rings. The first-order chi connectivity index (χ1) is 4.35. The summed E-state index contributed by atoms with van der Waals surface area (Å²) >= 11 is 2.83. The zero-order valence-corrected chi connectivity index (χ0v) is 10.3. The van der Waals surface area contributed by atoms with Crippen molar-refractivity contribution in [2.24, 2.45) is 5.92 Å². The molecule has 0 aromatic heterocycles. The Kier molecular flexibility index (Phi) is 22.4. The Morgan fingerprint density at radius 2 is 1.73 bits per heavy atom. The molecule has 1 unspecified atom stereocenters. The first-order valence-electron chi connectivity index (χ1n) is 4.05. The van der Waals surface area contributed by atoms with E-state index in [4.69, 9.17) is 0 Å². The van der Waals surface area contributed by atoms with Crippen molar-refractivity contribution >= 4 is 41.1 Å². The largest absolute Gasteiger partial charge is 0.147 e. The van der Waals surface area contributed by atoms with Gasteiger partial charge in [0.2, 0.25) is 0 Å². The molecule has 0 aliphatic heterocycles. The van der Waals surface area contributed by atoms with Crippen LogP contribution in [0.3, 0.4) is 0 Å². The lowest BCUT2D eigenvalue weighted by Gasteiger charge is -2.10. The third kappa shape index (κ3) is 11.1. The summed E-state index contributed by atoms with van der Waals surface area (Å²) in [6.07, 6.45) is 5.54. The van der Waals surface area contributed by atoms with Gasteiger partial charge in [-0.25, -0.2) is 0 Å². The van der Waals surface area contributed by atoms with Crippen LogP contribution >= 0.6 is 24.8 Å². The zero-order chi connectivity index (χ0) is 7.11. The molecular weight excluding hydrogens is 194 g/mol. The highest BCUT2D eigenvalue weighted by molar-refractivity contribution is 6.08. The zero-order valence-electron chi connectivity index (χ0n) is 7.51. The van der Waals surface area contributed by atoms with E-state index in [1.54, 1.807) is 0 Å². The summed E-state index contributed by atoms with van der Waals surface area (Å²) in [5.74, 6) is 0.968. The van der Waals surface area contributed by atoms with Crippen molar-refractivity contribution in [3.63, 3.8) is 0 Å². The molecule has 0 aliphatic rings. The van der Waals surface area contributed by atoms with E-state index in [-0.39, 0.29) is 24.8 Å². The van der Waals surface area contributed by atoms with Crippen LogP contribution in [0, 0.1) is 5.92 Å². The van der Waals surface area contributed by atoms with Crippen molar-refractivity contribution in [2.45, 2.75) is 44.8 Å². The summed E-state index contributed by atoms with van der Waals surface area (Å²) in [6, 6.07) is 0. The molecule has 68 valence electrons. The minimum Gasteiger partial charge on any atom is -0.147 e. The number of hydrogen-bond donors (Lipinski definition) is 0. The van der Waals surface area contributed by atoms with E-state index in [1.165, 1.54) is 31.0 Å². The average Bonchev–Trinajstić information content (AvgIpc) is 1.91. The highest BCUT2D eigenvalue weighted by Gasteiger charge is 1.99. The maximum atomic E-state index is 2.83. The SMILES string of the molecule is CCCCC(CC)[CH2][Al].Cl.Cl. The van der Waals surface area contributed by atoms with Gasteiger partial charge >= 0.3 is 0 Å². The molecule has 0 fully saturated rings. The van der Waals surface area contributed by atoms with E-state index in [9.17, 15) is 0 Å². The Labute approximate surface area is 91.8 Å². The van der Waals surface area contributed by atoms with Crippen LogP contribution in [0.4, 0.5) is 0 Å². The molecule has 2 radical (unpaired) electrons. The molecule has 0 saturated carbocycles. The molecule has 1 atom stereocenters. The first-order valence-corrected chi connectivity index (χ1v) is 4.86. The highest BCUT2D eigenvalue weighted by Crippen LogP contribution is 2.14. The van der Waals surface area contributed by atoms with Crippen molar-refractivity contribution in [1.82, 2.24) is 0 Å². The second kappa shape index (κ2) is 13.7. The summed E-state index contributed by atoms with van der Waals surface area (Å²) in [4.78, 5) is 0. The standard InChI is InChI=1S/C8H17.Al.2ClH/c1-4-6-7-8(3)5-2;;;/h8H,3-7H2,1-2H3;;2*1H. The quantitative estimate of drug-likeness (QED) is 0.611. The van der Waals surface area contributed by atoms with E-state index < -0.39 is 0 Å². The Morgan fingerprint density at radius 1 is 1.18 bits per heavy atom. The lowest BCUT2D eigenvalue weighted by atomic mass is 10.0. The smallest absolute Gasteiger partial charge is 0.118 e. The van der Waals surface area contributed by atoms with E-state index in [0.29, 0.717) is 0 Å². The van der Waals surface area contributed by atoms with Gasteiger partial charge in [0.1, 0.15) is 16.3 Å². The van der Waals surface area contributed by atoms with E-state index in [1.807, 2.05) is 0 Å². The second-order valence-electron chi connectivity index (χ2n) is 2.65. The predicted molar refractivity (Wildman–Crippen MR) is 58.4 cm³/mol. The molecule has 0 aliphatic carbocycles. The molecule has 0 bridgehead atoms. The molecule has 0 aromatic carbocycles. The normalized spacial score (nSPS) is 11.1. The Morgan fingerprint density at radius 3 is 2.00 bits per heavy atom. The van der Waals surface area contributed by atoms with Crippen molar-refractivity contribution in [3.05, 3.63) is 0 Å². The summed E-state index contributed by atoms with van der Waals surface area (Å²) in [5, 5.41) is 1.29. The van der Waals surface area contributed by atoms with Crippen LogP contribution in [0.15, 0.2) is 0 Å². The van der Waals surface area contributed by atoms with Crippen molar-refractivity contribution in [1.29, 1.82) is 0 Å². The molecule has 0 rings (SSSR count). The summed E-state index contributed by atoms with van der Waals surface area (Å²) in [6.45, 7) is 4.54. The lowest BCUT2D eigenvalue weighted by molar-refractivity contribution is 0.492. The minimum atomic E-state index is 0. The third-order valence-corrected chi connectivity index (χ3v) is 2.54. The molecule has 3 heteroatoms. The predicted octanol–water partition coefficient (Wildman–Crippen LogP) is 3.63. The topological polar surface area (TPSA) is 0 Å². The molecule has 11 heavy (non-hydrogen) atoms. The van der Waals surface area contributed by atoms with Crippen molar-refractivity contribution < 1.29 is 0 Å². The maximum absolute atomic E-state index is 2.83. The van der Waals surface area contributed by atoms with Crippen LogP contribution in [-0.4, -0.2) is 16.3 Å². The fraction of sp³-hybridized carbons (Fsp3) is 1.00. The van der Waals surface area contributed by atoms with E-state index in [0.717, 1.165) is 5.92 Å². The fourth-order valence-electron chi connectivity index (χ4n) is 0.981. The van der Waals surface area contributed by atoms with Crippen molar-refractivity contribution in [2.75, 3.05) is 0 Å². The number of unbranched alkanes of at least 4 members (excludes halogenated alkanes) is 1. The lowest BCUT2D eigenvalue weighted by Crippen LogP contribution is -1.96. The summed E-state index contributed by atoms with van der Waals surface area (Å²) in [7, 11) is 0. The fourth-order valence-corrected chi connectivity index (χ4v) is 1.55. The molecule has 0 saturated heterocycles. The van der Waals surface area contributed by atoms with Crippen molar-refractivity contribution in [3.8, 4) is 0 Å². The van der Waals surface area contributed by atoms with Crippen LogP contribution < -0.4 is 0 Å². The Bertz CT molecular complexity index is 56.1. The number of rotatable bonds is 5. The highest BCUT2D eigenvalue weighted by atomic mass is 35.5. The molecular formula is C8H19AlCl2. The van der Waals surface area contributed by atoms with Crippen LogP contribution in [0.1, 0.15) is 39.5 Å². The van der Waals surface area contributed by atoms with Gasteiger partial charge in [-0.1, -0.05) is 45.4 Å². The van der Waals surface area contributed by atoms with E-state index >= 15 is 0 Å². The maximum Gasteiger partial charge on any atom is 0.118 e. The average molecular weight is 213 g/mol. The first kappa shape index (κ1) is 18.0. The molecule has 0 heterocycles. The van der Waals surface area contributed by atoms with Gasteiger partial charge in [-0.2, -0.15) is 0 Å². The van der Waals surface area contributed by atoms with Crippen LogP contribution in [-0.2, 0) is 0 Å². The third-order valence-electron chi connectivity index (χ3n) is 1.88. The molecule has 0 amide bonds. The van der Waals surface area contributed by atoms with Gasteiger partial charge in [0.25, 0.3) is 0 Å². The number of hydrogen-bond acceptors (Lipinski definition) is 0. The van der Waals surface area contributed by atoms with Crippen LogP contribution in [0.2, 0.25) is 5.28 Å². The Hall–Kier alpha value is 1.11. The van der Waals surface area contributed by atoms with Crippen LogP contribution in [0.25, 0.3) is 0 Å². The summed E-state index contributed by atoms with van der Waals surface area (Å²) in [5.41, 5.74) is 0. The molecule has 0 nitrogen and oxygen atoms in total. The minimum absolute atomic E-state index is 0. The number of halogens is 2. The van der Waals surface area contributed by atoms with E-state index in [2.05, 4.69) is 30.1 Å². The van der Waals surface area contributed by atoms with Crippen LogP contribution in [0.5, 0.6) is 0 Å². The van der Waals surface area contributed by atoms with Gasteiger partial charge in [-0.05, 0) is 0 Å². The Balaban J connectivity index is -0.000000320.